The number of anilines is 1. The monoisotopic (exact) mass is 483 g/mol. The van der Waals surface area contributed by atoms with Crippen LogP contribution in [0.2, 0.25) is 0 Å². The molecule has 10 nitrogen and oxygen atoms in total. The molecule has 182 valence electrons. The van der Waals surface area contributed by atoms with Crippen LogP contribution in [0.3, 0.4) is 0 Å². The molecule has 0 saturated carbocycles. The number of pyridine rings is 1. The highest BCUT2D eigenvalue weighted by molar-refractivity contribution is 5.97. The summed E-state index contributed by atoms with van der Waals surface area (Å²) in [5.74, 6) is 2.30. The lowest BCUT2D eigenvalue weighted by Gasteiger charge is -2.28. The van der Waals surface area contributed by atoms with Crippen LogP contribution in [0.4, 0.5) is 10.7 Å². The first kappa shape index (κ1) is 23.2. The van der Waals surface area contributed by atoms with Crippen LogP contribution in [0.25, 0.3) is 33.4 Å². The Morgan fingerprint density at radius 2 is 1.92 bits per heavy atom. The maximum absolute atomic E-state index is 11.9. The van der Waals surface area contributed by atoms with E-state index in [1.807, 2.05) is 30.3 Å². The van der Waals surface area contributed by atoms with Gasteiger partial charge in [-0.1, -0.05) is 19.2 Å². The fraction of sp³-hybridized carbons (Fsp3) is 0.192. The molecule has 1 saturated heterocycles. The molecule has 3 aromatic heterocycles. The van der Waals surface area contributed by atoms with Crippen LogP contribution in [0.15, 0.2) is 73.6 Å². The Labute approximate surface area is 207 Å². The topological polar surface area (TPSA) is 118 Å². The van der Waals surface area contributed by atoms with Crippen LogP contribution in [-0.4, -0.2) is 55.6 Å². The number of H-pyrrole nitrogens is 1. The number of fused-ring (bicyclic) bond motifs is 1. The number of aromatic nitrogens is 5. The molecule has 0 aliphatic carbocycles. The van der Waals surface area contributed by atoms with Gasteiger partial charge in [0, 0.05) is 29.7 Å². The van der Waals surface area contributed by atoms with Crippen molar-refractivity contribution in [1.82, 2.24) is 29.8 Å². The summed E-state index contributed by atoms with van der Waals surface area (Å²) in [7, 11) is 0. The number of carbonyl (C=O) groups is 1. The molecule has 4 heterocycles. The van der Waals surface area contributed by atoms with E-state index in [1.54, 1.807) is 25.5 Å². The van der Waals surface area contributed by atoms with Gasteiger partial charge in [0.25, 0.3) is 0 Å². The zero-order chi connectivity index (χ0) is 25.1. The molecule has 0 bridgehead atoms. The lowest BCUT2D eigenvalue weighted by molar-refractivity contribution is 0.147. The highest BCUT2D eigenvalue weighted by atomic mass is 16.5. The standard InChI is InChI=1S/C26H25N7O3/c1-4-35-26(34)32-25-30-22-10-18(9-20(24(22)31-25)21-7-5-6-8-27-21)19-11-28-23(29-12-19)15-33-13-16(2)36-17(3)14-33/h5-12H,2-4,13-15H2,1H3,(H2,30,31,32,34). The first-order chi connectivity index (χ1) is 17.5. The fourth-order valence-corrected chi connectivity index (χ4v) is 4.05. The highest BCUT2D eigenvalue weighted by Gasteiger charge is 2.19. The lowest BCUT2D eigenvalue weighted by Crippen LogP contribution is -2.33. The number of nitrogens with zero attached hydrogens (tertiary/aromatic N) is 5. The molecule has 10 heteroatoms. The summed E-state index contributed by atoms with van der Waals surface area (Å²) >= 11 is 0. The van der Waals surface area contributed by atoms with Crippen molar-refractivity contribution in [2.24, 2.45) is 0 Å². The summed E-state index contributed by atoms with van der Waals surface area (Å²) < 4.78 is 10.4. The number of carbonyl (C=O) groups excluding carboxylic acids is 1. The highest BCUT2D eigenvalue weighted by Crippen LogP contribution is 2.32. The summed E-state index contributed by atoms with van der Waals surface area (Å²) in [5.41, 5.74) is 4.69. The van der Waals surface area contributed by atoms with E-state index in [0.29, 0.717) is 42.5 Å². The number of morpholine rings is 1. The Hall–Kier alpha value is -4.57. The summed E-state index contributed by atoms with van der Waals surface area (Å²) in [6.07, 6.45) is 4.74. The zero-order valence-corrected chi connectivity index (χ0v) is 19.8. The molecule has 5 rings (SSSR count). The summed E-state index contributed by atoms with van der Waals surface area (Å²) in [4.78, 5) is 35.4. The predicted octanol–water partition coefficient (Wildman–Crippen LogP) is 4.51. The number of aromatic amines is 1. The van der Waals surface area contributed by atoms with Crippen molar-refractivity contribution in [2.75, 3.05) is 25.0 Å². The van der Waals surface area contributed by atoms with Gasteiger partial charge in [-0.05, 0) is 36.8 Å². The van der Waals surface area contributed by atoms with Crippen molar-refractivity contribution >= 4 is 23.1 Å². The van der Waals surface area contributed by atoms with Gasteiger partial charge < -0.3 is 14.5 Å². The van der Waals surface area contributed by atoms with Crippen LogP contribution in [-0.2, 0) is 16.0 Å². The quantitative estimate of drug-likeness (QED) is 0.411. The second kappa shape index (κ2) is 9.96. The van der Waals surface area contributed by atoms with Crippen LogP contribution < -0.4 is 5.32 Å². The minimum Gasteiger partial charge on any atom is -0.465 e. The fourth-order valence-electron chi connectivity index (χ4n) is 4.05. The van der Waals surface area contributed by atoms with Crippen LogP contribution in [0.5, 0.6) is 0 Å². The van der Waals surface area contributed by atoms with Crippen molar-refractivity contribution in [3.63, 3.8) is 0 Å². The van der Waals surface area contributed by atoms with Gasteiger partial charge in [-0.3, -0.25) is 15.2 Å². The van der Waals surface area contributed by atoms with E-state index >= 15 is 0 Å². The third-order valence-electron chi connectivity index (χ3n) is 5.52. The number of hydrogen-bond acceptors (Lipinski definition) is 8. The third kappa shape index (κ3) is 5.08. The third-order valence-corrected chi connectivity index (χ3v) is 5.52. The summed E-state index contributed by atoms with van der Waals surface area (Å²) in [5, 5.41) is 2.62. The van der Waals surface area contributed by atoms with Gasteiger partial charge in [0.05, 0.1) is 43.0 Å². The Kier molecular flexibility index (Phi) is 6.42. The molecule has 0 unspecified atom stereocenters. The van der Waals surface area contributed by atoms with Gasteiger partial charge in [0.1, 0.15) is 17.3 Å². The molecule has 36 heavy (non-hydrogen) atoms. The van der Waals surface area contributed by atoms with E-state index in [0.717, 1.165) is 27.9 Å². The normalized spacial score (nSPS) is 14.0. The molecule has 2 N–H and O–H groups in total. The Bertz CT molecular complexity index is 1420. The van der Waals surface area contributed by atoms with E-state index in [2.05, 4.69) is 48.3 Å². The van der Waals surface area contributed by atoms with Crippen molar-refractivity contribution < 1.29 is 14.3 Å². The molecule has 1 fully saturated rings. The van der Waals surface area contributed by atoms with Gasteiger partial charge in [0.15, 0.2) is 0 Å². The molecule has 1 aliphatic rings. The minimum absolute atomic E-state index is 0.264. The first-order valence-corrected chi connectivity index (χ1v) is 11.4. The molecule has 1 amide bonds. The molecular formula is C26H25N7O3. The van der Waals surface area contributed by atoms with E-state index in [-0.39, 0.29) is 12.6 Å². The number of imidazole rings is 1. The maximum Gasteiger partial charge on any atom is 0.413 e. The van der Waals surface area contributed by atoms with E-state index in [1.165, 1.54) is 0 Å². The van der Waals surface area contributed by atoms with Crippen molar-refractivity contribution in [2.45, 2.75) is 13.5 Å². The Balaban J connectivity index is 1.47. The second-order valence-corrected chi connectivity index (χ2v) is 8.28. The number of amides is 1. The van der Waals surface area contributed by atoms with Crippen LogP contribution in [0, 0.1) is 0 Å². The smallest absolute Gasteiger partial charge is 0.413 e. The molecular weight excluding hydrogens is 458 g/mol. The molecule has 4 aromatic rings. The Morgan fingerprint density at radius 1 is 1.14 bits per heavy atom. The van der Waals surface area contributed by atoms with Crippen molar-refractivity contribution in [1.29, 1.82) is 0 Å². The van der Waals surface area contributed by atoms with Gasteiger partial charge in [-0.25, -0.2) is 19.7 Å². The minimum atomic E-state index is -0.576. The average Bonchev–Trinajstić information content (AvgIpc) is 3.26. The molecule has 0 atom stereocenters. The Morgan fingerprint density at radius 3 is 2.61 bits per heavy atom. The van der Waals surface area contributed by atoms with Gasteiger partial charge in [-0.2, -0.15) is 0 Å². The number of nitrogens with one attached hydrogen (secondary N) is 2. The molecule has 0 radical (unpaired) electrons. The van der Waals surface area contributed by atoms with Gasteiger partial charge in [-0.15, -0.1) is 0 Å². The predicted molar refractivity (Wildman–Crippen MR) is 136 cm³/mol. The van der Waals surface area contributed by atoms with Gasteiger partial charge >= 0.3 is 6.09 Å². The summed E-state index contributed by atoms with van der Waals surface area (Å²) in [6.45, 7) is 11.6. The van der Waals surface area contributed by atoms with Crippen LogP contribution in [0.1, 0.15) is 12.7 Å². The van der Waals surface area contributed by atoms with E-state index in [9.17, 15) is 4.79 Å². The zero-order valence-electron chi connectivity index (χ0n) is 19.8. The van der Waals surface area contributed by atoms with E-state index in [4.69, 9.17) is 9.47 Å². The second-order valence-electron chi connectivity index (χ2n) is 8.28. The number of benzene rings is 1. The SMILES string of the molecule is C=C1CN(Cc2ncc(-c3cc(-c4ccccn4)c4nc(NC(=O)OCC)[nH]c4c3)cn2)CC(=C)O1. The lowest BCUT2D eigenvalue weighted by atomic mass is 10.0. The molecule has 0 spiro atoms. The van der Waals surface area contributed by atoms with Gasteiger partial charge in [0.2, 0.25) is 5.95 Å². The maximum atomic E-state index is 11.9. The summed E-state index contributed by atoms with van der Waals surface area (Å²) in [6, 6.07) is 9.62. The van der Waals surface area contributed by atoms with Crippen molar-refractivity contribution in [3.8, 4) is 22.4 Å². The molecule has 1 aliphatic heterocycles. The van der Waals surface area contributed by atoms with E-state index < -0.39 is 6.09 Å². The largest absolute Gasteiger partial charge is 0.465 e. The molecule has 1 aromatic carbocycles. The van der Waals surface area contributed by atoms with Crippen LogP contribution >= 0.6 is 0 Å². The number of ether oxygens (including phenoxy) is 2. The number of rotatable bonds is 6. The average molecular weight is 484 g/mol. The van der Waals surface area contributed by atoms with Crippen molar-refractivity contribution in [3.05, 3.63) is 79.4 Å². The first-order valence-electron chi connectivity index (χ1n) is 11.4. The number of hydrogen-bond donors (Lipinski definition) is 2.